The normalized spacial score (nSPS) is 27.8. The maximum atomic E-state index is 14.1. The minimum atomic E-state index is -0.797. The molecule has 5 nitrogen and oxygen atoms in total. The minimum absolute atomic E-state index is 0.167. The summed E-state index contributed by atoms with van der Waals surface area (Å²) >= 11 is 0. The van der Waals surface area contributed by atoms with Crippen molar-refractivity contribution in [1.82, 2.24) is 9.80 Å². The van der Waals surface area contributed by atoms with E-state index in [2.05, 4.69) is 4.90 Å². The van der Waals surface area contributed by atoms with E-state index in [4.69, 9.17) is 9.47 Å². The molecule has 1 saturated carbocycles. The number of hydrogen-bond donors (Lipinski definition) is 0. The van der Waals surface area contributed by atoms with Crippen LogP contribution in [0.25, 0.3) is 0 Å². The first-order chi connectivity index (χ1) is 13.2. The molecule has 2 saturated heterocycles. The first-order valence-electron chi connectivity index (χ1n) is 10.2. The fourth-order valence-electron chi connectivity index (χ4n) is 4.57. The van der Waals surface area contributed by atoms with E-state index in [0.29, 0.717) is 45.0 Å². The van der Waals surface area contributed by atoms with Gasteiger partial charge in [0.2, 0.25) is 5.91 Å². The number of rotatable bonds is 3. The molecule has 1 aromatic rings. The summed E-state index contributed by atoms with van der Waals surface area (Å²) < 4.78 is 26.3. The highest BCUT2D eigenvalue weighted by molar-refractivity contribution is 5.79. The van der Waals surface area contributed by atoms with Crippen LogP contribution in [0, 0.1) is 11.7 Å². The fraction of sp³-hybridized carbons (Fsp3) is 0.667. The highest BCUT2D eigenvalue weighted by Gasteiger charge is 2.43. The van der Waals surface area contributed by atoms with Crippen LogP contribution in [0.15, 0.2) is 24.3 Å². The van der Waals surface area contributed by atoms with E-state index < -0.39 is 5.79 Å². The fourth-order valence-corrected chi connectivity index (χ4v) is 4.57. The summed E-state index contributed by atoms with van der Waals surface area (Å²) in [5.74, 6) is -0.558. The zero-order chi connectivity index (χ0) is 18.7. The molecule has 3 aliphatic rings. The second-order valence-corrected chi connectivity index (χ2v) is 8.00. The number of nitrogens with zero attached hydrogens (tertiary/aromatic N) is 2. The molecule has 2 heterocycles. The maximum Gasteiger partial charge on any atom is 0.225 e. The second kappa shape index (κ2) is 8.25. The topological polar surface area (TPSA) is 42.0 Å². The molecule has 4 rings (SSSR count). The lowest BCUT2D eigenvalue weighted by Gasteiger charge is -2.43. The minimum Gasteiger partial charge on any atom is -0.347 e. The van der Waals surface area contributed by atoms with Gasteiger partial charge in [-0.3, -0.25) is 9.69 Å². The molecule has 1 aromatic carbocycles. The zero-order valence-electron chi connectivity index (χ0n) is 15.9. The maximum absolute atomic E-state index is 14.1. The Hall–Kier alpha value is -1.50. The van der Waals surface area contributed by atoms with Gasteiger partial charge < -0.3 is 14.4 Å². The smallest absolute Gasteiger partial charge is 0.225 e. The van der Waals surface area contributed by atoms with E-state index in [0.717, 1.165) is 38.6 Å². The van der Waals surface area contributed by atoms with Crippen molar-refractivity contribution in [2.45, 2.75) is 44.4 Å². The quantitative estimate of drug-likeness (QED) is 0.814. The van der Waals surface area contributed by atoms with E-state index >= 15 is 0 Å². The Bertz CT molecular complexity index is 665. The van der Waals surface area contributed by atoms with Crippen molar-refractivity contribution in [1.29, 1.82) is 0 Å². The summed E-state index contributed by atoms with van der Waals surface area (Å²) in [4.78, 5) is 17.0. The molecule has 1 aliphatic carbocycles. The van der Waals surface area contributed by atoms with Gasteiger partial charge in [-0.05, 0) is 25.3 Å². The third-order valence-corrected chi connectivity index (χ3v) is 5.97. The highest BCUT2D eigenvalue weighted by atomic mass is 19.1. The molecule has 0 aromatic heterocycles. The van der Waals surface area contributed by atoms with Gasteiger partial charge in [0.25, 0.3) is 0 Å². The number of carbonyl (C=O) groups excluding carboxylic acids is 1. The third kappa shape index (κ3) is 4.33. The van der Waals surface area contributed by atoms with Gasteiger partial charge in [-0.1, -0.05) is 31.0 Å². The van der Waals surface area contributed by atoms with Crippen LogP contribution in [-0.2, 0) is 20.8 Å². The van der Waals surface area contributed by atoms with Crippen LogP contribution in [0.3, 0.4) is 0 Å². The predicted molar refractivity (Wildman–Crippen MR) is 99.5 cm³/mol. The monoisotopic (exact) mass is 376 g/mol. The van der Waals surface area contributed by atoms with Crippen LogP contribution < -0.4 is 0 Å². The third-order valence-electron chi connectivity index (χ3n) is 5.97. The number of hydrogen-bond acceptors (Lipinski definition) is 4. The van der Waals surface area contributed by atoms with Crippen molar-refractivity contribution in [3.8, 4) is 0 Å². The van der Waals surface area contributed by atoms with Crippen molar-refractivity contribution in [3.63, 3.8) is 0 Å². The first kappa shape index (κ1) is 18.8. The average molecular weight is 376 g/mol. The Morgan fingerprint density at radius 2 is 1.85 bits per heavy atom. The van der Waals surface area contributed by atoms with Crippen LogP contribution in [0.4, 0.5) is 4.39 Å². The summed E-state index contributed by atoms with van der Waals surface area (Å²) in [7, 11) is 0. The number of benzene rings is 1. The molecule has 1 atom stereocenters. The Kier molecular flexibility index (Phi) is 5.76. The van der Waals surface area contributed by atoms with Crippen LogP contribution >= 0.6 is 0 Å². The molecule has 3 fully saturated rings. The summed E-state index contributed by atoms with van der Waals surface area (Å²) in [6.07, 6.45) is 5.18. The first-order valence-corrected chi connectivity index (χ1v) is 10.2. The van der Waals surface area contributed by atoms with Gasteiger partial charge in [0.1, 0.15) is 5.82 Å². The molecule has 0 radical (unpaired) electrons. The van der Waals surface area contributed by atoms with Gasteiger partial charge in [-0.15, -0.1) is 0 Å². The standard InChI is InChI=1S/C21H29FN2O3/c22-19-9-4-3-8-18(19)14-23-10-5-12-26-21(15-23)16-24(11-13-27-21)20(25)17-6-1-2-7-17/h3-4,8-9,17H,1-2,5-7,10-16H2. The SMILES string of the molecule is O=C(C1CCCC1)N1CCOC2(CN(Cc3ccccc3F)CCCO2)C1. The molecule has 27 heavy (non-hydrogen) atoms. The van der Waals surface area contributed by atoms with E-state index in [1.54, 1.807) is 6.07 Å². The van der Waals surface area contributed by atoms with Crippen LogP contribution in [-0.4, -0.2) is 60.9 Å². The number of ether oxygens (including phenoxy) is 2. The predicted octanol–water partition coefficient (Wildman–Crippen LogP) is 2.79. The number of morpholine rings is 1. The molecule has 0 N–H and O–H groups in total. The van der Waals surface area contributed by atoms with Gasteiger partial charge in [0.15, 0.2) is 5.79 Å². The zero-order valence-corrected chi connectivity index (χ0v) is 15.9. The van der Waals surface area contributed by atoms with Crippen LogP contribution in [0.5, 0.6) is 0 Å². The van der Waals surface area contributed by atoms with E-state index in [-0.39, 0.29) is 17.6 Å². The Morgan fingerprint density at radius 3 is 2.67 bits per heavy atom. The van der Waals surface area contributed by atoms with Gasteiger partial charge >= 0.3 is 0 Å². The molecule has 6 heteroatoms. The van der Waals surface area contributed by atoms with Crippen molar-refractivity contribution in [2.75, 3.05) is 39.4 Å². The van der Waals surface area contributed by atoms with Crippen LogP contribution in [0.1, 0.15) is 37.7 Å². The molecule has 1 spiro atoms. The van der Waals surface area contributed by atoms with Crippen LogP contribution in [0.2, 0.25) is 0 Å². The lowest BCUT2D eigenvalue weighted by Crippen LogP contribution is -2.59. The summed E-state index contributed by atoms with van der Waals surface area (Å²) in [6.45, 7) is 4.10. The van der Waals surface area contributed by atoms with Gasteiger partial charge in [0, 0.05) is 31.1 Å². The molecule has 0 bridgehead atoms. The van der Waals surface area contributed by atoms with E-state index in [1.165, 1.54) is 6.07 Å². The van der Waals surface area contributed by atoms with Gasteiger partial charge in [-0.2, -0.15) is 0 Å². The number of amides is 1. The van der Waals surface area contributed by atoms with E-state index in [9.17, 15) is 9.18 Å². The lowest BCUT2D eigenvalue weighted by atomic mass is 10.1. The van der Waals surface area contributed by atoms with Gasteiger partial charge in [0.05, 0.1) is 26.3 Å². The highest BCUT2D eigenvalue weighted by Crippen LogP contribution is 2.30. The second-order valence-electron chi connectivity index (χ2n) is 8.00. The molecule has 148 valence electrons. The molecule has 1 unspecified atom stereocenters. The number of carbonyl (C=O) groups is 1. The molecule has 2 aliphatic heterocycles. The molecular formula is C21H29FN2O3. The van der Waals surface area contributed by atoms with Crippen molar-refractivity contribution in [3.05, 3.63) is 35.6 Å². The lowest BCUT2D eigenvalue weighted by molar-refractivity contribution is -0.265. The molecular weight excluding hydrogens is 347 g/mol. The summed E-state index contributed by atoms with van der Waals surface area (Å²) in [5.41, 5.74) is 0.684. The van der Waals surface area contributed by atoms with Gasteiger partial charge in [-0.25, -0.2) is 4.39 Å². The number of halogens is 1. The summed E-state index contributed by atoms with van der Waals surface area (Å²) in [5, 5.41) is 0. The largest absolute Gasteiger partial charge is 0.347 e. The van der Waals surface area contributed by atoms with E-state index in [1.807, 2.05) is 17.0 Å². The Labute approximate surface area is 160 Å². The van der Waals surface area contributed by atoms with Crippen molar-refractivity contribution >= 4 is 5.91 Å². The average Bonchev–Trinajstić information content (AvgIpc) is 3.15. The van der Waals surface area contributed by atoms with Crippen molar-refractivity contribution in [2.24, 2.45) is 5.92 Å². The summed E-state index contributed by atoms with van der Waals surface area (Å²) in [6, 6.07) is 6.90. The van der Waals surface area contributed by atoms with Crippen molar-refractivity contribution < 1.29 is 18.7 Å². The molecule has 1 amide bonds. The Morgan fingerprint density at radius 1 is 1.07 bits per heavy atom. The Balaban J connectivity index is 1.45.